The minimum Gasteiger partial charge on any atom is -0.494 e. The molecular weight excluding hydrogens is 564 g/mol. The van der Waals surface area contributed by atoms with E-state index < -0.39 is 4.92 Å². The third kappa shape index (κ3) is 6.11. The molecule has 10 nitrogen and oxygen atoms in total. The number of nitrogens with zero attached hydrogens (tertiary/aromatic N) is 6. The van der Waals surface area contributed by atoms with Crippen molar-refractivity contribution in [3.8, 4) is 22.7 Å². The van der Waals surface area contributed by atoms with Crippen molar-refractivity contribution in [3.63, 3.8) is 0 Å². The van der Waals surface area contributed by atoms with E-state index in [4.69, 9.17) is 9.84 Å². The summed E-state index contributed by atoms with van der Waals surface area (Å²) in [5.74, 6) is 1.27. The Labute approximate surface area is 250 Å². The zero-order valence-corrected chi connectivity index (χ0v) is 24.0. The lowest BCUT2D eigenvalue weighted by molar-refractivity contribution is -0.384. The Morgan fingerprint density at radius 1 is 0.977 bits per heavy atom. The summed E-state index contributed by atoms with van der Waals surface area (Å²) in [6.45, 7) is 2.83. The Morgan fingerprint density at radius 2 is 1.74 bits per heavy atom. The Bertz CT molecular complexity index is 2030. The van der Waals surface area contributed by atoms with Gasteiger partial charge < -0.3 is 4.74 Å². The Balaban J connectivity index is 1.29. The number of aromatic nitrogens is 5. The monoisotopic (exact) mass is 590 g/mol. The summed E-state index contributed by atoms with van der Waals surface area (Å²) in [6.07, 6.45) is 9.35. The zero-order chi connectivity index (χ0) is 29.8. The molecule has 3 aromatic carbocycles. The maximum Gasteiger partial charge on any atom is 0.291 e. The van der Waals surface area contributed by atoms with Crippen molar-refractivity contribution in [1.82, 2.24) is 24.4 Å². The van der Waals surface area contributed by atoms with Gasteiger partial charge >= 0.3 is 0 Å². The first-order chi connectivity index (χ1) is 21.0. The van der Waals surface area contributed by atoms with Gasteiger partial charge in [0, 0.05) is 29.5 Å². The molecule has 0 N–H and O–H groups in total. The second-order valence-electron chi connectivity index (χ2n) is 9.70. The van der Waals surface area contributed by atoms with Crippen LogP contribution in [0.25, 0.3) is 40.1 Å². The predicted octanol–water partition coefficient (Wildman–Crippen LogP) is 5.81. The van der Waals surface area contributed by atoms with Crippen LogP contribution >= 0.6 is 11.3 Å². The molecule has 0 saturated carbocycles. The van der Waals surface area contributed by atoms with Crippen LogP contribution in [0.5, 0.6) is 5.75 Å². The number of hydrogen-bond acceptors (Lipinski definition) is 8. The van der Waals surface area contributed by atoms with Gasteiger partial charge in [-0.15, -0.1) is 5.10 Å². The molecule has 0 spiro atoms. The van der Waals surface area contributed by atoms with Gasteiger partial charge in [0.15, 0.2) is 5.82 Å². The molecule has 0 saturated heterocycles. The number of rotatable bonds is 10. The van der Waals surface area contributed by atoms with Gasteiger partial charge in [0.05, 0.1) is 27.4 Å². The fourth-order valence-corrected chi connectivity index (χ4v) is 5.32. The number of nitro groups is 1. The summed E-state index contributed by atoms with van der Waals surface area (Å²) >= 11 is 1.25. The summed E-state index contributed by atoms with van der Waals surface area (Å²) in [4.78, 5) is 29.0. The lowest BCUT2D eigenvalue weighted by Crippen LogP contribution is -2.23. The molecule has 6 aromatic rings. The molecule has 0 atom stereocenters. The van der Waals surface area contributed by atoms with Crippen molar-refractivity contribution in [2.45, 2.75) is 19.8 Å². The van der Waals surface area contributed by atoms with E-state index in [1.165, 1.54) is 28.0 Å². The molecule has 6 rings (SSSR count). The Hall–Kier alpha value is -5.42. The molecule has 0 aliphatic heterocycles. The Kier molecular flexibility index (Phi) is 7.88. The van der Waals surface area contributed by atoms with Crippen LogP contribution in [0.4, 0.5) is 5.69 Å². The second kappa shape index (κ2) is 12.2. The summed E-state index contributed by atoms with van der Waals surface area (Å²) < 4.78 is 9.13. The highest BCUT2D eigenvalue weighted by molar-refractivity contribution is 7.15. The van der Waals surface area contributed by atoms with Crippen LogP contribution in [0.3, 0.4) is 0 Å². The number of hydrogen-bond donors (Lipinski definition) is 0. The molecule has 0 fully saturated rings. The summed E-state index contributed by atoms with van der Waals surface area (Å²) in [7, 11) is 0. The lowest BCUT2D eigenvalue weighted by Gasteiger charge is -2.04. The van der Waals surface area contributed by atoms with E-state index in [0.29, 0.717) is 38.9 Å². The van der Waals surface area contributed by atoms with Gasteiger partial charge in [0.2, 0.25) is 4.96 Å². The molecule has 3 aromatic heterocycles. The van der Waals surface area contributed by atoms with E-state index in [2.05, 4.69) is 17.0 Å². The van der Waals surface area contributed by atoms with Crippen LogP contribution in [0, 0.1) is 10.1 Å². The molecule has 0 amide bonds. The van der Waals surface area contributed by atoms with Crippen LogP contribution in [0.15, 0.2) is 89.9 Å². The number of benzene rings is 3. The van der Waals surface area contributed by atoms with Gasteiger partial charge in [-0.2, -0.15) is 14.6 Å². The minimum absolute atomic E-state index is 0.00377. The zero-order valence-electron chi connectivity index (χ0n) is 23.2. The molecule has 214 valence electrons. The van der Waals surface area contributed by atoms with Gasteiger partial charge in [-0.1, -0.05) is 73.2 Å². The first-order valence-corrected chi connectivity index (χ1v) is 14.5. The normalized spacial score (nSPS) is 12.0. The highest BCUT2D eigenvalue weighted by Gasteiger charge is 2.14. The van der Waals surface area contributed by atoms with E-state index in [1.54, 1.807) is 35.2 Å². The van der Waals surface area contributed by atoms with E-state index in [1.807, 2.05) is 60.7 Å². The van der Waals surface area contributed by atoms with Gasteiger partial charge in [-0.25, -0.2) is 4.68 Å². The first-order valence-electron chi connectivity index (χ1n) is 13.7. The number of unbranched alkanes of at least 4 members (excludes halogenated alkanes) is 1. The number of thiazole rings is 1. The van der Waals surface area contributed by atoms with Crippen molar-refractivity contribution >= 4 is 40.2 Å². The number of nitro benzene ring substituents is 1. The van der Waals surface area contributed by atoms with E-state index in [9.17, 15) is 14.9 Å². The highest BCUT2D eigenvalue weighted by Crippen LogP contribution is 2.25. The quantitative estimate of drug-likeness (QED) is 0.112. The van der Waals surface area contributed by atoms with Crippen molar-refractivity contribution in [2.24, 2.45) is 0 Å². The van der Waals surface area contributed by atoms with Crippen LogP contribution in [0.2, 0.25) is 0 Å². The SMILES string of the molecule is CCCCOc1ccc(/C=C/c2nc3s/c(=C\c4cn(-c5ccc([N+](=O)[O-])cc5)nc4-c4ccccc4)c(=O)n3n2)cc1. The number of ether oxygens (including phenoxy) is 1. The van der Waals surface area contributed by atoms with Crippen molar-refractivity contribution < 1.29 is 9.66 Å². The Morgan fingerprint density at radius 3 is 2.44 bits per heavy atom. The fourth-order valence-electron chi connectivity index (χ4n) is 4.41. The standard InChI is InChI=1S/C32H26N6O4S/c1-2-3-19-42-27-16-9-22(10-17-27)11-18-29-33-32-37(34-29)31(39)28(43-32)20-24-21-36(25-12-14-26(15-13-25)38(40)41)35-30(24)23-7-5-4-6-8-23/h4-18,20-21H,2-3,19H2,1H3/b18-11+,28-20-. The van der Waals surface area contributed by atoms with Gasteiger partial charge in [0.1, 0.15) is 5.75 Å². The summed E-state index contributed by atoms with van der Waals surface area (Å²) in [5, 5.41) is 20.2. The maximum atomic E-state index is 13.3. The lowest BCUT2D eigenvalue weighted by atomic mass is 10.1. The molecule has 0 bridgehead atoms. The van der Waals surface area contributed by atoms with Crippen molar-refractivity contribution in [3.05, 3.63) is 127 Å². The topological polar surface area (TPSA) is 117 Å². The molecule has 3 heterocycles. The van der Waals surface area contributed by atoms with Crippen molar-refractivity contribution in [2.75, 3.05) is 6.61 Å². The number of non-ortho nitro benzene ring substituents is 1. The molecule has 0 aliphatic carbocycles. The third-order valence-corrected chi connectivity index (χ3v) is 7.63. The highest BCUT2D eigenvalue weighted by atomic mass is 32.1. The predicted molar refractivity (Wildman–Crippen MR) is 167 cm³/mol. The largest absolute Gasteiger partial charge is 0.494 e. The fraction of sp³-hybridized carbons (Fsp3) is 0.125. The molecule has 0 unspecified atom stereocenters. The van der Waals surface area contributed by atoms with Gasteiger partial charge in [-0.05, 0) is 48.4 Å². The average molecular weight is 591 g/mol. The van der Waals surface area contributed by atoms with Crippen molar-refractivity contribution in [1.29, 1.82) is 0 Å². The van der Waals surface area contributed by atoms with Crippen LogP contribution in [0.1, 0.15) is 36.7 Å². The molecule has 11 heteroatoms. The molecule has 0 radical (unpaired) electrons. The maximum absolute atomic E-state index is 13.3. The number of fused-ring (bicyclic) bond motifs is 1. The van der Waals surface area contributed by atoms with Gasteiger partial charge in [0.25, 0.3) is 11.2 Å². The van der Waals surface area contributed by atoms with E-state index in [0.717, 1.165) is 29.7 Å². The van der Waals surface area contributed by atoms with E-state index in [-0.39, 0.29) is 11.2 Å². The summed E-state index contributed by atoms with van der Waals surface area (Å²) in [5.41, 5.74) is 3.60. The van der Waals surface area contributed by atoms with Crippen LogP contribution in [-0.4, -0.2) is 35.9 Å². The first kappa shape index (κ1) is 27.7. The van der Waals surface area contributed by atoms with Crippen LogP contribution in [-0.2, 0) is 0 Å². The van der Waals surface area contributed by atoms with Crippen LogP contribution < -0.4 is 14.8 Å². The minimum atomic E-state index is -0.443. The summed E-state index contributed by atoms with van der Waals surface area (Å²) in [6, 6.07) is 23.5. The third-order valence-electron chi connectivity index (χ3n) is 6.67. The molecule has 43 heavy (non-hydrogen) atoms. The average Bonchev–Trinajstić information content (AvgIpc) is 3.72. The molecular formula is C32H26N6O4S. The van der Waals surface area contributed by atoms with Gasteiger partial charge in [-0.3, -0.25) is 14.9 Å². The second-order valence-corrected chi connectivity index (χ2v) is 10.7. The smallest absolute Gasteiger partial charge is 0.291 e. The van der Waals surface area contributed by atoms with E-state index >= 15 is 0 Å². The molecule has 0 aliphatic rings.